The predicted octanol–water partition coefficient (Wildman–Crippen LogP) is 2.16. The number of nitriles is 1. The Morgan fingerprint density at radius 1 is 1.15 bits per heavy atom. The number of sulfonamides is 1. The van der Waals surface area contributed by atoms with E-state index in [2.05, 4.69) is 30.7 Å². The molecule has 1 aromatic carbocycles. The topological polar surface area (TPSA) is 90.2 Å². The summed E-state index contributed by atoms with van der Waals surface area (Å²) in [5.41, 5.74) is 1.31. The third-order valence-corrected chi connectivity index (χ3v) is 6.78. The fourth-order valence-electron chi connectivity index (χ4n) is 2.99. The summed E-state index contributed by atoms with van der Waals surface area (Å²) in [7, 11) is -1.98. The summed E-state index contributed by atoms with van der Waals surface area (Å²) in [6.07, 6.45) is 3.00. The molecule has 1 aliphatic rings. The van der Waals surface area contributed by atoms with Crippen molar-refractivity contribution in [3.05, 3.63) is 47.9 Å². The van der Waals surface area contributed by atoms with Gasteiger partial charge in [0.25, 0.3) is 0 Å². The van der Waals surface area contributed by atoms with Crippen LogP contribution in [0.1, 0.15) is 32.0 Å². The number of rotatable bonds is 4. The van der Waals surface area contributed by atoms with Gasteiger partial charge in [0.2, 0.25) is 10.0 Å². The highest BCUT2D eigenvalue weighted by Crippen LogP contribution is 2.28. The van der Waals surface area contributed by atoms with Crippen molar-refractivity contribution in [2.24, 2.45) is 0 Å². The minimum absolute atomic E-state index is 0.0299. The normalized spacial score (nSPS) is 15.5. The van der Waals surface area contributed by atoms with Crippen LogP contribution in [0, 0.1) is 11.3 Å². The zero-order chi connectivity index (χ0) is 19.8. The van der Waals surface area contributed by atoms with Gasteiger partial charge in [-0.2, -0.15) is 9.57 Å². The minimum atomic E-state index is -3.58. The standard InChI is InChI=1S/C19H23N5O2S/c1-19(2,3)14-5-7-16(8-6-14)27(25,26)23(4)15-12-24(13-15)18-17(11-20)21-9-10-22-18/h5-10,15H,12-13H2,1-4H3. The lowest BCUT2D eigenvalue weighted by Crippen LogP contribution is -2.60. The van der Waals surface area contributed by atoms with E-state index in [1.165, 1.54) is 16.7 Å². The van der Waals surface area contributed by atoms with Crippen LogP contribution in [0.15, 0.2) is 41.6 Å². The van der Waals surface area contributed by atoms with E-state index < -0.39 is 10.0 Å². The molecule has 2 aromatic rings. The van der Waals surface area contributed by atoms with Gasteiger partial charge in [0, 0.05) is 32.5 Å². The van der Waals surface area contributed by atoms with E-state index in [0.29, 0.717) is 18.9 Å². The van der Waals surface area contributed by atoms with Crippen LogP contribution < -0.4 is 4.90 Å². The molecule has 142 valence electrons. The molecule has 0 atom stereocenters. The molecule has 0 bridgehead atoms. The molecule has 0 unspecified atom stereocenters. The molecule has 0 saturated carbocycles. The van der Waals surface area contributed by atoms with Crippen molar-refractivity contribution < 1.29 is 8.42 Å². The molecule has 1 aromatic heterocycles. The van der Waals surface area contributed by atoms with Crippen LogP contribution in [0.2, 0.25) is 0 Å². The second-order valence-electron chi connectivity index (χ2n) is 7.69. The van der Waals surface area contributed by atoms with Crippen LogP contribution in [0.25, 0.3) is 0 Å². The largest absolute Gasteiger partial charge is 0.351 e. The lowest BCUT2D eigenvalue weighted by molar-refractivity contribution is 0.309. The van der Waals surface area contributed by atoms with Crippen molar-refractivity contribution in [2.45, 2.75) is 37.1 Å². The summed E-state index contributed by atoms with van der Waals surface area (Å²) >= 11 is 0. The second kappa shape index (κ2) is 6.91. The summed E-state index contributed by atoms with van der Waals surface area (Å²) in [5, 5.41) is 9.13. The predicted molar refractivity (Wildman–Crippen MR) is 103 cm³/mol. The number of anilines is 1. The van der Waals surface area contributed by atoms with E-state index in [-0.39, 0.29) is 22.0 Å². The summed E-state index contributed by atoms with van der Waals surface area (Å²) in [5.74, 6) is 0.497. The molecule has 3 rings (SSSR count). The molecule has 0 radical (unpaired) electrons. The Labute approximate surface area is 160 Å². The Morgan fingerprint density at radius 2 is 1.74 bits per heavy atom. The van der Waals surface area contributed by atoms with E-state index in [1.807, 2.05) is 23.1 Å². The van der Waals surface area contributed by atoms with Crippen molar-refractivity contribution >= 4 is 15.8 Å². The van der Waals surface area contributed by atoms with Gasteiger partial charge in [-0.3, -0.25) is 0 Å². The van der Waals surface area contributed by atoms with Gasteiger partial charge in [-0.05, 0) is 23.1 Å². The number of hydrogen-bond acceptors (Lipinski definition) is 6. The molecule has 8 heteroatoms. The smallest absolute Gasteiger partial charge is 0.243 e. The SMILES string of the molecule is CN(C1CN(c2nccnc2C#N)C1)S(=O)(=O)c1ccc(C(C)(C)C)cc1. The van der Waals surface area contributed by atoms with Gasteiger partial charge in [-0.15, -0.1) is 0 Å². The molecule has 0 spiro atoms. The first-order valence-electron chi connectivity index (χ1n) is 8.69. The minimum Gasteiger partial charge on any atom is -0.351 e. The zero-order valence-corrected chi connectivity index (χ0v) is 16.7. The summed E-state index contributed by atoms with van der Waals surface area (Å²) in [4.78, 5) is 10.3. The van der Waals surface area contributed by atoms with Crippen LogP contribution >= 0.6 is 0 Å². The lowest BCUT2D eigenvalue weighted by atomic mass is 9.87. The van der Waals surface area contributed by atoms with Crippen molar-refractivity contribution in [2.75, 3.05) is 25.0 Å². The summed E-state index contributed by atoms with van der Waals surface area (Å²) in [6, 6.07) is 8.91. The highest BCUT2D eigenvalue weighted by atomic mass is 32.2. The van der Waals surface area contributed by atoms with E-state index in [4.69, 9.17) is 5.26 Å². The maximum Gasteiger partial charge on any atom is 0.243 e. The van der Waals surface area contributed by atoms with Gasteiger partial charge in [0.1, 0.15) is 6.07 Å². The van der Waals surface area contributed by atoms with Gasteiger partial charge < -0.3 is 4.90 Å². The quantitative estimate of drug-likeness (QED) is 0.801. The number of likely N-dealkylation sites (N-methyl/N-ethyl adjacent to an activating group) is 1. The lowest BCUT2D eigenvalue weighted by Gasteiger charge is -2.43. The molecule has 0 amide bonds. The summed E-state index contributed by atoms with van der Waals surface area (Å²) < 4.78 is 27.2. The first-order chi connectivity index (χ1) is 12.6. The van der Waals surface area contributed by atoms with E-state index in [1.54, 1.807) is 19.2 Å². The molecule has 7 nitrogen and oxygen atoms in total. The molecule has 0 N–H and O–H groups in total. The Bertz CT molecular complexity index is 968. The molecule has 1 aliphatic heterocycles. The second-order valence-corrected chi connectivity index (χ2v) is 9.69. The molecule has 2 heterocycles. The molecule has 1 saturated heterocycles. The average Bonchev–Trinajstić information content (AvgIpc) is 2.60. The third-order valence-electron chi connectivity index (χ3n) is 4.86. The Hall–Kier alpha value is -2.50. The van der Waals surface area contributed by atoms with E-state index >= 15 is 0 Å². The van der Waals surface area contributed by atoms with Gasteiger partial charge in [0.05, 0.1) is 10.9 Å². The Kier molecular flexibility index (Phi) is 4.93. The Morgan fingerprint density at radius 3 is 2.30 bits per heavy atom. The van der Waals surface area contributed by atoms with Gasteiger partial charge in [0.15, 0.2) is 11.5 Å². The first kappa shape index (κ1) is 19.3. The maximum atomic E-state index is 12.9. The number of aromatic nitrogens is 2. The van der Waals surface area contributed by atoms with Gasteiger partial charge >= 0.3 is 0 Å². The first-order valence-corrected chi connectivity index (χ1v) is 10.1. The van der Waals surface area contributed by atoms with Crippen LogP contribution in [0.5, 0.6) is 0 Å². The van der Waals surface area contributed by atoms with E-state index in [9.17, 15) is 8.42 Å². The molecule has 27 heavy (non-hydrogen) atoms. The highest BCUT2D eigenvalue weighted by molar-refractivity contribution is 7.89. The maximum absolute atomic E-state index is 12.9. The van der Waals surface area contributed by atoms with Gasteiger partial charge in [-0.25, -0.2) is 18.4 Å². The molecular formula is C19H23N5O2S. The monoisotopic (exact) mass is 385 g/mol. The zero-order valence-electron chi connectivity index (χ0n) is 15.9. The van der Waals surface area contributed by atoms with Crippen molar-refractivity contribution in [1.82, 2.24) is 14.3 Å². The van der Waals surface area contributed by atoms with Crippen LogP contribution in [-0.4, -0.2) is 48.9 Å². The number of nitrogens with zero attached hydrogens (tertiary/aromatic N) is 5. The van der Waals surface area contributed by atoms with Crippen molar-refractivity contribution in [3.63, 3.8) is 0 Å². The highest BCUT2D eigenvalue weighted by Gasteiger charge is 2.38. The van der Waals surface area contributed by atoms with Crippen molar-refractivity contribution in [3.8, 4) is 6.07 Å². The third kappa shape index (κ3) is 3.66. The molecule has 0 aliphatic carbocycles. The molecular weight excluding hydrogens is 362 g/mol. The average molecular weight is 385 g/mol. The van der Waals surface area contributed by atoms with E-state index in [0.717, 1.165) is 5.56 Å². The number of benzene rings is 1. The molecule has 1 fully saturated rings. The van der Waals surface area contributed by atoms with Gasteiger partial charge in [-0.1, -0.05) is 32.9 Å². The fourth-order valence-corrected chi connectivity index (χ4v) is 4.33. The van der Waals surface area contributed by atoms with Crippen LogP contribution in [0.4, 0.5) is 5.82 Å². The fraction of sp³-hybridized carbons (Fsp3) is 0.421. The summed E-state index contributed by atoms with van der Waals surface area (Å²) in [6.45, 7) is 7.22. The number of hydrogen-bond donors (Lipinski definition) is 0. The van der Waals surface area contributed by atoms with Crippen molar-refractivity contribution in [1.29, 1.82) is 5.26 Å². The Balaban J connectivity index is 1.73. The van der Waals surface area contributed by atoms with Crippen LogP contribution in [-0.2, 0) is 15.4 Å². The van der Waals surface area contributed by atoms with Crippen LogP contribution in [0.3, 0.4) is 0 Å².